The number of rotatable bonds is 7. The minimum atomic E-state index is 0.0653. The molecule has 1 fully saturated rings. The molecule has 0 bridgehead atoms. The monoisotopic (exact) mass is 369 g/mol. The third-order valence-corrected chi connectivity index (χ3v) is 5.66. The van der Waals surface area contributed by atoms with Crippen LogP contribution in [0.3, 0.4) is 0 Å². The van der Waals surface area contributed by atoms with Gasteiger partial charge in [0, 0.05) is 32.5 Å². The summed E-state index contributed by atoms with van der Waals surface area (Å²) >= 11 is 0. The zero-order valence-corrected chi connectivity index (χ0v) is 16.6. The van der Waals surface area contributed by atoms with E-state index in [0.29, 0.717) is 30.2 Å². The van der Waals surface area contributed by atoms with Gasteiger partial charge in [0.1, 0.15) is 5.82 Å². The third-order valence-electron chi connectivity index (χ3n) is 5.66. The summed E-state index contributed by atoms with van der Waals surface area (Å²) in [6, 6.07) is 7.58. The van der Waals surface area contributed by atoms with Gasteiger partial charge in [0.2, 0.25) is 5.91 Å². The fraction of sp³-hybridized carbons (Fsp3) is 0.591. The van der Waals surface area contributed by atoms with Gasteiger partial charge in [-0.05, 0) is 37.3 Å². The number of aryl methyl sites for hydroxylation is 1. The van der Waals surface area contributed by atoms with Crippen molar-refractivity contribution in [2.45, 2.75) is 65.3 Å². The molecule has 0 spiro atoms. The fourth-order valence-corrected chi connectivity index (χ4v) is 3.98. The van der Waals surface area contributed by atoms with Crippen molar-refractivity contribution < 1.29 is 4.79 Å². The van der Waals surface area contributed by atoms with Crippen molar-refractivity contribution >= 4 is 16.8 Å². The Morgan fingerprint density at radius 2 is 1.89 bits per heavy atom. The lowest BCUT2D eigenvalue weighted by Gasteiger charge is -2.32. The molecule has 3 rings (SSSR count). The highest BCUT2D eigenvalue weighted by molar-refractivity contribution is 5.77. The van der Waals surface area contributed by atoms with Gasteiger partial charge in [0.25, 0.3) is 5.56 Å². The molecule has 1 amide bonds. The molecule has 5 heteroatoms. The summed E-state index contributed by atoms with van der Waals surface area (Å²) in [7, 11) is 0. The van der Waals surface area contributed by atoms with Crippen LogP contribution < -0.4 is 5.56 Å². The molecular formula is C22H31N3O2. The standard InChI is InChI=1S/C22H31N3O2/c1-3-5-6-11-21(26)24-14-12-17(13-15-24)16-25-20(4-2)23-19-10-8-7-9-18(19)22(25)27/h7-10,17H,3-6,11-16H2,1-2H3. The molecular weight excluding hydrogens is 338 g/mol. The Bertz CT molecular complexity index is 835. The van der Waals surface area contributed by atoms with Crippen molar-refractivity contribution in [2.24, 2.45) is 5.92 Å². The molecule has 2 aromatic rings. The quantitative estimate of drug-likeness (QED) is 0.698. The van der Waals surface area contributed by atoms with Crippen molar-refractivity contribution in [2.75, 3.05) is 13.1 Å². The van der Waals surface area contributed by atoms with Crippen LogP contribution in [0.5, 0.6) is 0 Å². The summed E-state index contributed by atoms with van der Waals surface area (Å²) in [6.45, 7) is 6.53. The second-order valence-corrected chi connectivity index (χ2v) is 7.60. The molecule has 0 N–H and O–H groups in total. The number of piperidine rings is 1. The highest BCUT2D eigenvalue weighted by Crippen LogP contribution is 2.21. The Balaban J connectivity index is 1.66. The van der Waals surface area contributed by atoms with Crippen molar-refractivity contribution in [3.05, 3.63) is 40.4 Å². The van der Waals surface area contributed by atoms with Crippen molar-refractivity contribution in [3.8, 4) is 0 Å². The van der Waals surface area contributed by atoms with E-state index in [2.05, 4.69) is 6.92 Å². The number of hydrogen-bond donors (Lipinski definition) is 0. The maximum absolute atomic E-state index is 13.0. The molecule has 2 heterocycles. The molecule has 0 radical (unpaired) electrons. The van der Waals surface area contributed by atoms with E-state index in [0.717, 1.165) is 63.0 Å². The summed E-state index contributed by atoms with van der Waals surface area (Å²) in [6.07, 6.45) is 6.60. The van der Waals surface area contributed by atoms with Gasteiger partial charge < -0.3 is 4.90 Å². The van der Waals surface area contributed by atoms with Gasteiger partial charge in [-0.3, -0.25) is 14.2 Å². The number of carbonyl (C=O) groups is 1. The Morgan fingerprint density at radius 3 is 2.59 bits per heavy atom. The number of aromatic nitrogens is 2. The van der Waals surface area contributed by atoms with Crippen LogP contribution >= 0.6 is 0 Å². The molecule has 27 heavy (non-hydrogen) atoms. The van der Waals surface area contributed by atoms with Crippen LogP contribution in [0.25, 0.3) is 10.9 Å². The number of nitrogens with zero attached hydrogens (tertiary/aromatic N) is 3. The van der Waals surface area contributed by atoms with E-state index >= 15 is 0 Å². The van der Waals surface area contributed by atoms with Gasteiger partial charge in [0.15, 0.2) is 0 Å². The maximum Gasteiger partial charge on any atom is 0.261 e. The van der Waals surface area contributed by atoms with Crippen LogP contribution in [0.15, 0.2) is 29.1 Å². The van der Waals surface area contributed by atoms with Gasteiger partial charge >= 0.3 is 0 Å². The molecule has 0 aliphatic carbocycles. The lowest BCUT2D eigenvalue weighted by molar-refractivity contribution is -0.132. The lowest BCUT2D eigenvalue weighted by atomic mass is 9.96. The van der Waals surface area contributed by atoms with Crippen LogP contribution in [0, 0.1) is 5.92 Å². The van der Waals surface area contributed by atoms with E-state index in [1.165, 1.54) is 0 Å². The average Bonchev–Trinajstić information content (AvgIpc) is 2.70. The number of amides is 1. The number of carbonyl (C=O) groups excluding carboxylic acids is 1. The van der Waals surface area contributed by atoms with Crippen molar-refractivity contribution in [3.63, 3.8) is 0 Å². The summed E-state index contributed by atoms with van der Waals surface area (Å²) in [4.78, 5) is 32.0. The summed E-state index contributed by atoms with van der Waals surface area (Å²) in [5.41, 5.74) is 0.846. The predicted octanol–water partition coefficient (Wildman–Crippen LogP) is 3.78. The second-order valence-electron chi connectivity index (χ2n) is 7.60. The topological polar surface area (TPSA) is 55.2 Å². The maximum atomic E-state index is 13.0. The molecule has 1 aliphatic heterocycles. The number of para-hydroxylation sites is 1. The highest BCUT2D eigenvalue weighted by Gasteiger charge is 2.24. The first-order valence-corrected chi connectivity index (χ1v) is 10.4. The minimum absolute atomic E-state index is 0.0653. The van der Waals surface area contributed by atoms with E-state index in [9.17, 15) is 9.59 Å². The normalized spacial score (nSPS) is 15.4. The lowest BCUT2D eigenvalue weighted by Crippen LogP contribution is -2.40. The summed E-state index contributed by atoms with van der Waals surface area (Å²) < 4.78 is 1.87. The zero-order chi connectivity index (χ0) is 19.2. The van der Waals surface area contributed by atoms with Gasteiger partial charge in [-0.25, -0.2) is 4.98 Å². The van der Waals surface area contributed by atoms with E-state index in [4.69, 9.17) is 4.98 Å². The number of unbranched alkanes of at least 4 members (excludes halogenated alkanes) is 2. The first-order valence-electron chi connectivity index (χ1n) is 10.4. The molecule has 5 nitrogen and oxygen atoms in total. The number of likely N-dealkylation sites (tertiary alicyclic amines) is 1. The Labute approximate surface area is 161 Å². The number of fused-ring (bicyclic) bond motifs is 1. The molecule has 0 saturated carbocycles. The largest absolute Gasteiger partial charge is 0.343 e. The van der Waals surface area contributed by atoms with Crippen LogP contribution in [-0.4, -0.2) is 33.4 Å². The molecule has 0 atom stereocenters. The fourth-order valence-electron chi connectivity index (χ4n) is 3.98. The minimum Gasteiger partial charge on any atom is -0.343 e. The van der Waals surface area contributed by atoms with Crippen molar-refractivity contribution in [1.82, 2.24) is 14.5 Å². The van der Waals surface area contributed by atoms with E-state index < -0.39 is 0 Å². The highest BCUT2D eigenvalue weighted by atomic mass is 16.2. The second kappa shape index (κ2) is 9.16. The Hall–Kier alpha value is -2.17. The first kappa shape index (κ1) is 19.6. The SMILES string of the molecule is CCCCCC(=O)N1CCC(Cn2c(CC)nc3ccccc3c2=O)CC1. The molecule has 0 unspecified atom stereocenters. The van der Waals surface area contributed by atoms with Crippen LogP contribution in [0.2, 0.25) is 0 Å². The van der Waals surface area contributed by atoms with E-state index in [-0.39, 0.29) is 5.56 Å². The van der Waals surface area contributed by atoms with Gasteiger partial charge in [-0.2, -0.15) is 0 Å². The Morgan fingerprint density at radius 1 is 1.15 bits per heavy atom. The third kappa shape index (κ3) is 4.57. The smallest absolute Gasteiger partial charge is 0.261 e. The van der Waals surface area contributed by atoms with Crippen LogP contribution in [0.4, 0.5) is 0 Å². The summed E-state index contributed by atoms with van der Waals surface area (Å²) in [5.74, 6) is 1.58. The van der Waals surface area contributed by atoms with E-state index in [1.54, 1.807) is 0 Å². The average molecular weight is 370 g/mol. The molecule has 1 aromatic carbocycles. The summed E-state index contributed by atoms with van der Waals surface area (Å²) in [5, 5.41) is 0.693. The van der Waals surface area contributed by atoms with Gasteiger partial charge in [-0.1, -0.05) is 38.8 Å². The first-order chi connectivity index (χ1) is 13.1. The number of hydrogen-bond acceptors (Lipinski definition) is 3. The molecule has 1 aliphatic rings. The van der Waals surface area contributed by atoms with Crippen LogP contribution in [-0.2, 0) is 17.8 Å². The van der Waals surface area contributed by atoms with Gasteiger partial charge in [0.05, 0.1) is 10.9 Å². The molecule has 1 aromatic heterocycles. The van der Waals surface area contributed by atoms with Crippen LogP contribution in [0.1, 0.15) is 58.2 Å². The van der Waals surface area contributed by atoms with Crippen molar-refractivity contribution in [1.29, 1.82) is 0 Å². The predicted molar refractivity (Wildman–Crippen MR) is 109 cm³/mol. The molecule has 1 saturated heterocycles. The zero-order valence-electron chi connectivity index (χ0n) is 16.6. The Kier molecular flexibility index (Phi) is 6.64. The van der Waals surface area contributed by atoms with E-state index in [1.807, 2.05) is 40.7 Å². The molecule has 146 valence electrons. The number of benzene rings is 1. The van der Waals surface area contributed by atoms with Gasteiger partial charge in [-0.15, -0.1) is 0 Å².